The van der Waals surface area contributed by atoms with Crippen LogP contribution in [0, 0.1) is 10.1 Å². The van der Waals surface area contributed by atoms with Crippen LogP contribution in [-0.4, -0.2) is 37.3 Å². The summed E-state index contributed by atoms with van der Waals surface area (Å²) < 4.78 is 1.74. The highest BCUT2D eigenvalue weighted by molar-refractivity contribution is 7.99. The molecule has 2 N–H and O–H groups in total. The van der Waals surface area contributed by atoms with Crippen LogP contribution in [0.4, 0.5) is 11.4 Å². The SMILES string of the molecule is C=CCn1c(SCC(=O)Nc2ccc([N+](=O)[O-])cc2)nnc1[C@H](C)NC(=O)c1ccc(Cl)cc1Cl. The zero-order valence-electron chi connectivity index (χ0n) is 18.4. The third kappa shape index (κ3) is 6.81. The van der Waals surface area contributed by atoms with Gasteiger partial charge in [0, 0.05) is 29.4 Å². The summed E-state index contributed by atoms with van der Waals surface area (Å²) in [7, 11) is 0. The van der Waals surface area contributed by atoms with Crippen LogP contribution >= 0.6 is 35.0 Å². The number of nitro benzene ring substituents is 1. The monoisotopic (exact) mass is 534 g/mol. The average molecular weight is 535 g/mol. The van der Waals surface area contributed by atoms with Gasteiger partial charge in [-0.2, -0.15) is 0 Å². The number of hydrogen-bond donors (Lipinski definition) is 2. The Bertz CT molecular complexity index is 1270. The van der Waals surface area contributed by atoms with E-state index in [0.717, 1.165) is 11.8 Å². The molecule has 2 amide bonds. The van der Waals surface area contributed by atoms with Gasteiger partial charge in [0.25, 0.3) is 11.6 Å². The van der Waals surface area contributed by atoms with Gasteiger partial charge in [-0.25, -0.2) is 0 Å². The standard InChI is InChI=1S/C22H20Cl2N6O4S/c1-3-10-29-20(13(2)25-21(32)17-9-4-14(23)11-18(17)24)27-28-22(29)35-12-19(31)26-15-5-7-16(8-6-15)30(33)34/h3-9,11,13H,1,10,12H2,2H3,(H,25,32)(H,26,31)/t13-/m0/s1. The summed E-state index contributed by atoms with van der Waals surface area (Å²) >= 11 is 13.2. The molecule has 2 aromatic carbocycles. The van der Waals surface area contributed by atoms with Gasteiger partial charge in [-0.15, -0.1) is 16.8 Å². The lowest BCUT2D eigenvalue weighted by Gasteiger charge is -2.16. The van der Waals surface area contributed by atoms with E-state index < -0.39 is 16.9 Å². The fourth-order valence-electron chi connectivity index (χ4n) is 3.03. The minimum atomic E-state index is -0.523. The number of allylic oxidation sites excluding steroid dienone is 1. The summed E-state index contributed by atoms with van der Waals surface area (Å²) in [6, 6.07) is 9.59. The number of benzene rings is 2. The van der Waals surface area contributed by atoms with E-state index in [1.807, 2.05) is 0 Å². The van der Waals surface area contributed by atoms with Crippen LogP contribution < -0.4 is 10.6 Å². The molecule has 0 aliphatic heterocycles. The molecule has 0 aliphatic carbocycles. The molecule has 10 nitrogen and oxygen atoms in total. The van der Waals surface area contributed by atoms with Gasteiger partial charge in [-0.05, 0) is 37.3 Å². The van der Waals surface area contributed by atoms with Gasteiger partial charge in [-0.3, -0.25) is 19.7 Å². The van der Waals surface area contributed by atoms with Crippen molar-refractivity contribution < 1.29 is 14.5 Å². The van der Waals surface area contributed by atoms with Crippen molar-refractivity contribution in [2.24, 2.45) is 0 Å². The Balaban J connectivity index is 1.66. The molecule has 3 aromatic rings. The predicted octanol–water partition coefficient (Wildman–Crippen LogP) is 4.90. The number of nitrogens with zero attached hydrogens (tertiary/aromatic N) is 4. The fourth-order valence-corrected chi connectivity index (χ4v) is 4.28. The molecular formula is C22H20Cl2N6O4S. The van der Waals surface area contributed by atoms with Crippen LogP contribution in [0.1, 0.15) is 29.1 Å². The Kier molecular flexibility index (Phi) is 8.85. The number of halogens is 2. The van der Waals surface area contributed by atoms with E-state index in [-0.39, 0.29) is 27.9 Å². The van der Waals surface area contributed by atoms with E-state index in [2.05, 4.69) is 27.4 Å². The summed E-state index contributed by atoms with van der Waals surface area (Å²) in [5.74, 6) is -0.226. The van der Waals surface area contributed by atoms with E-state index in [1.54, 1.807) is 23.6 Å². The second-order valence-corrected chi connectivity index (χ2v) is 8.99. The van der Waals surface area contributed by atoms with Crippen molar-refractivity contribution in [3.63, 3.8) is 0 Å². The summed E-state index contributed by atoms with van der Waals surface area (Å²) in [5.41, 5.74) is 0.642. The van der Waals surface area contributed by atoms with Crippen molar-refractivity contribution in [1.29, 1.82) is 0 Å². The lowest BCUT2D eigenvalue weighted by molar-refractivity contribution is -0.384. The topological polar surface area (TPSA) is 132 Å². The lowest BCUT2D eigenvalue weighted by Crippen LogP contribution is -2.29. The van der Waals surface area contributed by atoms with Crippen LogP contribution in [0.15, 0.2) is 60.3 Å². The van der Waals surface area contributed by atoms with E-state index in [0.29, 0.717) is 28.2 Å². The number of nitrogens with one attached hydrogen (secondary N) is 2. The van der Waals surface area contributed by atoms with Gasteiger partial charge in [-0.1, -0.05) is 41.0 Å². The molecule has 0 aliphatic rings. The Morgan fingerprint density at radius 2 is 1.94 bits per heavy atom. The molecule has 0 fully saturated rings. The zero-order chi connectivity index (χ0) is 25.5. The summed E-state index contributed by atoms with van der Waals surface area (Å²) in [4.78, 5) is 35.3. The normalized spacial score (nSPS) is 11.5. The van der Waals surface area contributed by atoms with Crippen LogP contribution in [0.2, 0.25) is 10.0 Å². The molecule has 0 saturated heterocycles. The van der Waals surface area contributed by atoms with Crippen molar-refractivity contribution in [3.05, 3.63) is 86.7 Å². The van der Waals surface area contributed by atoms with E-state index >= 15 is 0 Å². The molecule has 0 spiro atoms. The molecule has 0 saturated carbocycles. The number of nitro groups is 1. The number of aromatic nitrogens is 3. The maximum Gasteiger partial charge on any atom is 0.269 e. The first kappa shape index (κ1) is 26.2. The first-order valence-electron chi connectivity index (χ1n) is 10.2. The van der Waals surface area contributed by atoms with Crippen molar-refractivity contribution in [3.8, 4) is 0 Å². The second kappa shape index (κ2) is 11.8. The highest BCUT2D eigenvalue weighted by Crippen LogP contribution is 2.24. The second-order valence-electron chi connectivity index (χ2n) is 7.20. The van der Waals surface area contributed by atoms with Gasteiger partial charge in [0.1, 0.15) is 0 Å². The molecule has 3 rings (SSSR count). The maximum atomic E-state index is 12.7. The predicted molar refractivity (Wildman–Crippen MR) is 135 cm³/mol. The van der Waals surface area contributed by atoms with E-state index in [1.165, 1.54) is 36.4 Å². The number of carbonyl (C=O) groups excluding carboxylic acids is 2. The molecule has 182 valence electrons. The third-order valence-corrected chi connectivity index (χ3v) is 6.18. The molecule has 35 heavy (non-hydrogen) atoms. The molecule has 1 atom stereocenters. The van der Waals surface area contributed by atoms with Crippen LogP contribution in [0.25, 0.3) is 0 Å². The lowest BCUT2D eigenvalue weighted by atomic mass is 10.2. The number of amides is 2. The number of thioether (sulfide) groups is 1. The summed E-state index contributed by atoms with van der Waals surface area (Å²) in [6.07, 6.45) is 1.65. The number of carbonyl (C=O) groups is 2. The van der Waals surface area contributed by atoms with Gasteiger partial charge in [0.2, 0.25) is 5.91 Å². The molecule has 0 unspecified atom stereocenters. The molecule has 13 heteroatoms. The first-order valence-corrected chi connectivity index (χ1v) is 11.9. The van der Waals surface area contributed by atoms with Crippen LogP contribution in [0.5, 0.6) is 0 Å². The largest absolute Gasteiger partial charge is 0.342 e. The summed E-state index contributed by atoms with van der Waals surface area (Å²) in [5, 5.41) is 25.7. The van der Waals surface area contributed by atoms with Gasteiger partial charge < -0.3 is 15.2 Å². The van der Waals surface area contributed by atoms with Gasteiger partial charge in [0.05, 0.1) is 27.3 Å². The van der Waals surface area contributed by atoms with Crippen LogP contribution in [0.3, 0.4) is 0 Å². The zero-order valence-corrected chi connectivity index (χ0v) is 20.7. The number of non-ortho nitro benzene ring substituents is 1. The molecule has 0 radical (unpaired) electrons. The number of rotatable bonds is 10. The molecule has 1 aromatic heterocycles. The highest BCUT2D eigenvalue weighted by atomic mass is 35.5. The van der Waals surface area contributed by atoms with E-state index in [9.17, 15) is 19.7 Å². The van der Waals surface area contributed by atoms with Crippen molar-refractivity contribution in [2.75, 3.05) is 11.1 Å². The Morgan fingerprint density at radius 3 is 2.57 bits per heavy atom. The first-order chi connectivity index (χ1) is 16.7. The number of hydrogen-bond acceptors (Lipinski definition) is 7. The third-order valence-electron chi connectivity index (χ3n) is 4.66. The molecule has 0 bridgehead atoms. The molecular weight excluding hydrogens is 515 g/mol. The highest BCUT2D eigenvalue weighted by Gasteiger charge is 2.21. The quantitative estimate of drug-likeness (QED) is 0.163. The minimum absolute atomic E-state index is 0.0212. The van der Waals surface area contributed by atoms with Gasteiger partial charge in [0.15, 0.2) is 11.0 Å². The summed E-state index contributed by atoms with van der Waals surface area (Å²) in [6.45, 7) is 5.85. The van der Waals surface area contributed by atoms with Gasteiger partial charge >= 0.3 is 0 Å². The van der Waals surface area contributed by atoms with Crippen molar-refractivity contribution in [2.45, 2.75) is 24.7 Å². The molecule has 1 heterocycles. The van der Waals surface area contributed by atoms with Crippen molar-refractivity contribution in [1.82, 2.24) is 20.1 Å². The Labute approximate surface area is 214 Å². The van der Waals surface area contributed by atoms with Crippen molar-refractivity contribution >= 4 is 58.2 Å². The fraction of sp³-hybridized carbons (Fsp3) is 0.182. The smallest absolute Gasteiger partial charge is 0.269 e. The Hall–Kier alpha value is -3.41. The number of anilines is 1. The Morgan fingerprint density at radius 1 is 1.23 bits per heavy atom. The average Bonchev–Trinajstić information content (AvgIpc) is 3.21. The minimum Gasteiger partial charge on any atom is -0.342 e. The van der Waals surface area contributed by atoms with Crippen LogP contribution in [-0.2, 0) is 11.3 Å². The maximum absolute atomic E-state index is 12.7. The van der Waals surface area contributed by atoms with E-state index in [4.69, 9.17) is 23.2 Å².